The molecule has 0 aliphatic heterocycles. The van der Waals surface area contributed by atoms with Crippen LogP contribution in [0.25, 0.3) is 0 Å². The Kier molecular flexibility index (Phi) is 4.24. The summed E-state index contributed by atoms with van der Waals surface area (Å²) in [5, 5.41) is 9.75. The topological polar surface area (TPSA) is 20.2 Å². The summed E-state index contributed by atoms with van der Waals surface area (Å²) in [6.45, 7) is 6.00. The SMILES string of the molecule is C=C.Oc1c2cccc1CCCCC2. The number of aromatic hydroxyl groups is 1. The van der Waals surface area contributed by atoms with Gasteiger partial charge >= 0.3 is 0 Å². The maximum absolute atomic E-state index is 9.75. The van der Waals surface area contributed by atoms with Gasteiger partial charge in [0.05, 0.1) is 0 Å². The quantitative estimate of drug-likeness (QED) is 0.621. The lowest BCUT2D eigenvalue weighted by atomic mass is 9.95. The Labute approximate surface area is 86.1 Å². The number of phenols is 1. The Hall–Kier alpha value is -1.24. The first-order valence-electron chi connectivity index (χ1n) is 5.17. The lowest BCUT2D eigenvalue weighted by molar-refractivity contribution is 0.453. The molecule has 0 saturated heterocycles. The molecule has 1 heteroatoms. The molecule has 2 bridgehead atoms. The Morgan fingerprint density at radius 3 is 1.93 bits per heavy atom. The van der Waals surface area contributed by atoms with Crippen LogP contribution in [0.5, 0.6) is 5.75 Å². The van der Waals surface area contributed by atoms with E-state index in [1.165, 1.54) is 19.3 Å². The number of fused-ring (bicyclic) bond motifs is 2. The molecule has 0 atom stereocenters. The highest BCUT2D eigenvalue weighted by molar-refractivity contribution is 5.40. The van der Waals surface area contributed by atoms with Gasteiger partial charge in [0, 0.05) is 0 Å². The van der Waals surface area contributed by atoms with Crippen LogP contribution in [0.1, 0.15) is 30.4 Å². The maximum Gasteiger partial charge on any atom is 0.121 e. The highest BCUT2D eigenvalue weighted by Crippen LogP contribution is 2.27. The number of benzene rings is 1. The zero-order chi connectivity index (χ0) is 10.4. The van der Waals surface area contributed by atoms with Crippen LogP contribution < -0.4 is 0 Å². The van der Waals surface area contributed by atoms with Crippen molar-refractivity contribution in [1.82, 2.24) is 0 Å². The van der Waals surface area contributed by atoms with E-state index in [1.54, 1.807) is 0 Å². The van der Waals surface area contributed by atoms with E-state index < -0.39 is 0 Å². The highest BCUT2D eigenvalue weighted by Gasteiger charge is 2.09. The molecule has 1 aliphatic carbocycles. The monoisotopic (exact) mass is 190 g/mol. The predicted molar refractivity (Wildman–Crippen MR) is 60.6 cm³/mol. The standard InChI is InChI=1S/C11H14O.C2H4/c12-11-9-5-2-1-3-6-10(11)8-4-7-9;1-2/h4,7-8,12H,1-3,5-6H2;1-2H2. The maximum atomic E-state index is 9.75. The van der Waals surface area contributed by atoms with Crippen molar-refractivity contribution in [2.45, 2.75) is 32.1 Å². The molecule has 76 valence electrons. The normalized spacial score (nSPS) is 14.6. The zero-order valence-electron chi connectivity index (χ0n) is 8.63. The summed E-state index contributed by atoms with van der Waals surface area (Å²) in [4.78, 5) is 0. The van der Waals surface area contributed by atoms with Gasteiger partial charge in [0.25, 0.3) is 0 Å². The fraction of sp³-hybridized carbons (Fsp3) is 0.385. The van der Waals surface area contributed by atoms with E-state index in [0.29, 0.717) is 5.75 Å². The van der Waals surface area contributed by atoms with Crippen molar-refractivity contribution in [2.75, 3.05) is 0 Å². The van der Waals surface area contributed by atoms with Crippen LogP contribution in [0.4, 0.5) is 0 Å². The first-order chi connectivity index (χ1) is 6.88. The van der Waals surface area contributed by atoms with Crippen molar-refractivity contribution < 1.29 is 5.11 Å². The van der Waals surface area contributed by atoms with Gasteiger partial charge in [-0.2, -0.15) is 0 Å². The van der Waals surface area contributed by atoms with E-state index in [0.717, 1.165) is 24.0 Å². The minimum atomic E-state index is 0.553. The Bertz CT molecular complexity index is 267. The number of aryl methyl sites for hydroxylation is 2. The van der Waals surface area contributed by atoms with Crippen molar-refractivity contribution in [3.8, 4) is 5.75 Å². The lowest BCUT2D eigenvalue weighted by Gasteiger charge is -2.12. The third-order valence-corrected chi connectivity index (χ3v) is 2.60. The van der Waals surface area contributed by atoms with Crippen molar-refractivity contribution in [2.24, 2.45) is 0 Å². The third-order valence-electron chi connectivity index (χ3n) is 2.60. The molecule has 1 aromatic carbocycles. The molecular formula is C13H18O. The molecule has 0 amide bonds. The molecule has 1 N–H and O–H groups in total. The number of hydrogen-bond donors (Lipinski definition) is 1. The summed E-state index contributed by atoms with van der Waals surface area (Å²) < 4.78 is 0. The number of phenolic OH excluding ortho intramolecular Hbond substituents is 1. The molecule has 0 aromatic heterocycles. The average molecular weight is 190 g/mol. The van der Waals surface area contributed by atoms with Gasteiger partial charge in [-0.25, -0.2) is 0 Å². The molecule has 14 heavy (non-hydrogen) atoms. The molecule has 0 unspecified atom stereocenters. The van der Waals surface area contributed by atoms with Gasteiger partial charge in [0.1, 0.15) is 5.75 Å². The Morgan fingerprint density at radius 1 is 0.929 bits per heavy atom. The van der Waals surface area contributed by atoms with E-state index in [4.69, 9.17) is 0 Å². The van der Waals surface area contributed by atoms with E-state index in [1.807, 2.05) is 12.1 Å². The summed E-state index contributed by atoms with van der Waals surface area (Å²) in [6, 6.07) is 6.12. The number of rotatable bonds is 0. The second kappa shape index (κ2) is 5.48. The van der Waals surface area contributed by atoms with Crippen molar-refractivity contribution in [3.63, 3.8) is 0 Å². The van der Waals surface area contributed by atoms with Crippen molar-refractivity contribution in [3.05, 3.63) is 42.5 Å². The van der Waals surface area contributed by atoms with Crippen LogP contribution in [0, 0.1) is 0 Å². The van der Waals surface area contributed by atoms with Gasteiger partial charge in [-0.1, -0.05) is 24.6 Å². The summed E-state index contributed by atoms with van der Waals surface area (Å²) >= 11 is 0. The minimum absolute atomic E-state index is 0.553. The van der Waals surface area contributed by atoms with Gasteiger partial charge in [-0.15, -0.1) is 13.2 Å². The van der Waals surface area contributed by atoms with Crippen LogP contribution >= 0.6 is 0 Å². The summed E-state index contributed by atoms with van der Waals surface area (Å²) in [5.74, 6) is 0.553. The van der Waals surface area contributed by atoms with E-state index in [2.05, 4.69) is 19.2 Å². The fourth-order valence-corrected chi connectivity index (χ4v) is 1.86. The largest absolute Gasteiger partial charge is 0.507 e. The molecule has 0 radical (unpaired) electrons. The Balaban J connectivity index is 0.000000461. The molecule has 2 rings (SSSR count). The molecule has 0 saturated carbocycles. The number of para-hydroxylation sites is 1. The van der Waals surface area contributed by atoms with Crippen LogP contribution in [-0.4, -0.2) is 5.11 Å². The van der Waals surface area contributed by atoms with Crippen LogP contribution in [0.2, 0.25) is 0 Å². The van der Waals surface area contributed by atoms with Crippen molar-refractivity contribution >= 4 is 0 Å². The van der Waals surface area contributed by atoms with Crippen LogP contribution in [0.3, 0.4) is 0 Å². The van der Waals surface area contributed by atoms with E-state index in [-0.39, 0.29) is 0 Å². The predicted octanol–water partition coefficient (Wildman–Crippen LogP) is 3.46. The first-order valence-corrected chi connectivity index (χ1v) is 5.17. The van der Waals surface area contributed by atoms with Gasteiger partial charge < -0.3 is 5.11 Å². The van der Waals surface area contributed by atoms with Gasteiger partial charge in [-0.05, 0) is 36.8 Å². The van der Waals surface area contributed by atoms with Crippen molar-refractivity contribution in [1.29, 1.82) is 0 Å². The first kappa shape index (κ1) is 10.8. The van der Waals surface area contributed by atoms with E-state index in [9.17, 15) is 5.11 Å². The van der Waals surface area contributed by atoms with Gasteiger partial charge in [0.15, 0.2) is 0 Å². The van der Waals surface area contributed by atoms with Gasteiger partial charge in [-0.3, -0.25) is 0 Å². The highest BCUT2D eigenvalue weighted by atomic mass is 16.3. The second-order valence-electron chi connectivity index (χ2n) is 3.49. The molecule has 0 heterocycles. The smallest absolute Gasteiger partial charge is 0.121 e. The fourth-order valence-electron chi connectivity index (χ4n) is 1.86. The molecular weight excluding hydrogens is 172 g/mol. The summed E-state index contributed by atoms with van der Waals surface area (Å²) in [6.07, 6.45) is 5.81. The molecule has 0 spiro atoms. The molecule has 0 fully saturated rings. The van der Waals surface area contributed by atoms with Gasteiger partial charge in [0.2, 0.25) is 0 Å². The zero-order valence-corrected chi connectivity index (χ0v) is 8.63. The summed E-state index contributed by atoms with van der Waals surface area (Å²) in [7, 11) is 0. The third kappa shape index (κ3) is 2.38. The lowest BCUT2D eigenvalue weighted by Crippen LogP contribution is -1.96. The number of hydrogen-bond acceptors (Lipinski definition) is 1. The minimum Gasteiger partial charge on any atom is -0.507 e. The second-order valence-corrected chi connectivity index (χ2v) is 3.49. The van der Waals surface area contributed by atoms with E-state index >= 15 is 0 Å². The molecule has 1 aromatic rings. The summed E-state index contributed by atoms with van der Waals surface area (Å²) in [5.41, 5.74) is 2.26. The van der Waals surface area contributed by atoms with Crippen LogP contribution in [0.15, 0.2) is 31.4 Å². The average Bonchev–Trinajstić information content (AvgIpc) is 2.25. The van der Waals surface area contributed by atoms with Crippen LogP contribution in [-0.2, 0) is 12.8 Å². The molecule has 1 nitrogen and oxygen atoms in total. The molecule has 1 aliphatic rings. The Morgan fingerprint density at radius 2 is 1.43 bits per heavy atom.